The molecule has 1 amide bonds. The van der Waals surface area contributed by atoms with Crippen molar-refractivity contribution >= 4 is 57.5 Å². The van der Waals surface area contributed by atoms with Gasteiger partial charge < -0.3 is 10.2 Å². The molecule has 0 saturated heterocycles. The fourth-order valence-electron chi connectivity index (χ4n) is 2.52. The number of amides is 1. The van der Waals surface area contributed by atoms with Gasteiger partial charge in [-0.1, -0.05) is 35.3 Å². The van der Waals surface area contributed by atoms with Crippen LogP contribution in [0.1, 0.15) is 9.75 Å². The van der Waals surface area contributed by atoms with Crippen LogP contribution < -0.4 is 10.2 Å². The standard InChI is InChI=1S/C18H16Cl2N2OS2/c19-13-5-6-16(20)17(9-13)21-18(23)12-22(10-14-3-1-7-24-14)11-15-4-2-8-25-15/h1-9H,10-12H2,(H,21,23)/p+1. The molecule has 0 aliphatic rings. The summed E-state index contributed by atoms with van der Waals surface area (Å²) in [5.74, 6) is -0.0766. The third kappa shape index (κ3) is 5.56. The molecule has 0 bridgehead atoms. The van der Waals surface area contributed by atoms with Crippen molar-refractivity contribution in [3.8, 4) is 0 Å². The number of hydrogen-bond donors (Lipinski definition) is 2. The molecule has 0 unspecified atom stereocenters. The summed E-state index contributed by atoms with van der Waals surface area (Å²) in [7, 11) is 0. The topological polar surface area (TPSA) is 33.5 Å². The van der Waals surface area contributed by atoms with Gasteiger partial charge in [0.15, 0.2) is 6.54 Å². The normalized spacial score (nSPS) is 11.0. The number of quaternary nitrogens is 1. The molecule has 0 atom stereocenters. The van der Waals surface area contributed by atoms with E-state index < -0.39 is 0 Å². The zero-order valence-electron chi connectivity index (χ0n) is 13.3. The van der Waals surface area contributed by atoms with E-state index in [0.29, 0.717) is 22.3 Å². The molecule has 7 heteroatoms. The zero-order valence-corrected chi connectivity index (χ0v) is 16.4. The van der Waals surface area contributed by atoms with Crippen LogP contribution in [0.4, 0.5) is 5.69 Å². The number of rotatable bonds is 7. The molecule has 0 aliphatic heterocycles. The highest BCUT2D eigenvalue weighted by Crippen LogP contribution is 2.25. The molecule has 2 aromatic heterocycles. The van der Waals surface area contributed by atoms with E-state index in [4.69, 9.17) is 23.2 Å². The minimum Gasteiger partial charge on any atom is -0.320 e. The number of halogens is 2. The Morgan fingerprint density at radius 1 is 1.00 bits per heavy atom. The van der Waals surface area contributed by atoms with Crippen molar-refractivity contribution in [2.45, 2.75) is 13.1 Å². The van der Waals surface area contributed by atoms with Crippen molar-refractivity contribution in [3.05, 3.63) is 73.0 Å². The lowest BCUT2D eigenvalue weighted by Gasteiger charge is -2.18. The number of thiophene rings is 2. The second kappa shape index (κ2) is 8.83. The summed E-state index contributed by atoms with van der Waals surface area (Å²) < 4.78 is 0. The minimum atomic E-state index is -0.0766. The van der Waals surface area contributed by atoms with Gasteiger partial charge in [-0.15, -0.1) is 22.7 Å². The Morgan fingerprint density at radius 2 is 1.64 bits per heavy atom. The smallest absolute Gasteiger partial charge is 0.279 e. The Balaban J connectivity index is 1.67. The average Bonchev–Trinajstić information content (AvgIpc) is 3.25. The number of nitrogens with one attached hydrogen (secondary N) is 2. The van der Waals surface area contributed by atoms with Crippen LogP contribution in [0.2, 0.25) is 10.0 Å². The van der Waals surface area contributed by atoms with Crippen molar-refractivity contribution in [1.82, 2.24) is 0 Å². The summed E-state index contributed by atoms with van der Waals surface area (Å²) in [6.07, 6.45) is 0. The van der Waals surface area contributed by atoms with Crippen LogP contribution in [0.15, 0.2) is 53.2 Å². The molecule has 2 N–H and O–H groups in total. The summed E-state index contributed by atoms with van der Waals surface area (Å²) in [5.41, 5.74) is 0.547. The Bertz CT molecular complexity index is 783. The largest absolute Gasteiger partial charge is 0.320 e. The third-order valence-corrected chi connectivity index (χ3v) is 5.94. The van der Waals surface area contributed by atoms with E-state index in [1.165, 1.54) is 14.7 Å². The molecule has 25 heavy (non-hydrogen) atoms. The molecular formula is C18H17Cl2N2OS2+. The van der Waals surface area contributed by atoms with E-state index in [2.05, 4.69) is 28.2 Å². The quantitative estimate of drug-likeness (QED) is 0.595. The summed E-state index contributed by atoms with van der Waals surface area (Å²) in [5, 5.41) is 8.02. The summed E-state index contributed by atoms with van der Waals surface area (Å²) in [4.78, 5) is 16.2. The van der Waals surface area contributed by atoms with Crippen molar-refractivity contribution in [3.63, 3.8) is 0 Å². The monoisotopic (exact) mass is 411 g/mol. The second-order valence-electron chi connectivity index (χ2n) is 5.61. The molecule has 130 valence electrons. The number of benzene rings is 1. The van der Waals surface area contributed by atoms with E-state index in [1.54, 1.807) is 40.9 Å². The van der Waals surface area contributed by atoms with Crippen molar-refractivity contribution < 1.29 is 9.69 Å². The summed E-state index contributed by atoms with van der Waals surface area (Å²) in [6, 6.07) is 13.3. The number of carbonyl (C=O) groups excluding carboxylic acids is 1. The van der Waals surface area contributed by atoms with Gasteiger partial charge in [0.25, 0.3) is 5.91 Å². The molecule has 0 aliphatic carbocycles. The summed E-state index contributed by atoms with van der Waals surface area (Å²) >= 11 is 15.5. The van der Waals surface area contributed by atoms with Gasteiger partial charge in [-0.25, -0.2) is 0 Å². The van der Waals surface area contributed by atoms with Crippen LogP contribution in [0.3, 0.4) is 0 Å². The first kappa shape index (κ1) is 18.4. The molecule has 3 nitrogen and oxygen atoms in total. The van der Waals surface area contributed by atoms with Gasteiger partial charge in [-0.3, -0.25) is 4.79 Å². The Kier molecular flexibility index (Phi) is 6.51. The lowest BCUT2D eigenvalue weighted by Crippen LogP contribution is -3.10. The first-order chi connectivity index (χ1) is 12.1. The van der Waals surface area contributed by atoms with Crippen molar-refractivity contribution in [2.75, 3.05) is 11.9 Å². The Hall–Kier alpha value is -1.37. The van der Waals surface area contributed by atoms with E-state index in [1.807, 2.05) is 12.1 Å². The van der Waals surface area contributed by atoms with Crippen LogP contribution in [0, 0.1) is 0 Å². The maximum Gasteiger partial charge on any atom is 0.279 e. The molecule has 0 saturated carbocycles. The van der Waals surface area contributed by atoms with Gasteiger partial charge in [0.2, 0.25) is 0 Å². The SMILES string of the molecule is O=C(C[NH+](Cc1cccs1)Cc1cccs1)Nc1cc(Cl)ccc1Cl. The molecule has 0 fully saturated rings. The van der Waals surface area contributed by atoms with Crippen molar-refractivity contribution in [1.29, 1.82) is 0 Å². The highest BCUT2D eigenvalue weighted by molar-refractivity contribution is 7.10. The van der Waals surface area contributed by atoms with Crippen molar-refractivity contribution in [2.24, 2.45) is 0 Å². The van der Waals surface area contributed by atoms with Crippen LogP contribution in [-0.4, -0.2) is 12.5 Å². The van der Waals surface area contributed by atoms with Gasteiger partial charge in [-0.2, -0.15) is 0 Å². The third-order valence-electron chi connectivity index (χ3n) is 3.62. The zero-order chi connectivity index (χ0) is 17.6. The molecule has 0 spiro atoms. The highest BCUT2D eigenvalue weighted by atomic mass is 35.5. The van der Waals surface area contributed by atoms with Crippen LogP contribution in [0.5, 0.6) is 0 Å². The fraction of sp³-hybridized carbons (Fsp3) is 0.167. The molecule has 0 radical (unpaired) electrons. The number of anilines is 1. The van der Waals surface area contributed by atoms with E-state index >= 15 is 0 Å². The predicted molar refractivity (Wildman–Crippen MR) is 107 cm³/mol. The lowest BCUT2D eigenvalue weighted by atomic mass is 10.3. The molecule has 3 aromatic rings. The average molecular weight is 412 g/mol. The molecule has 3 rings (SSSR count). The Morgan fingerprint density at radius 3 is 2.20 bits per heavy atom. The van der Waals surface area contributed by atoms with Gasteiger partial charge >= 0.3 is 0 Å². The van der Waals surface area contributed by atoms with Gasteiger partial charge in [0.1, 0.15) is 13.1 Å². The van der Waals surface area contributed by atoms with Gasteiger partial charge in [0.05, 0.1) is 20.5 Å². The molecule has 1 aromatic carbocycles. The van der Waals surface area contributed by atoms with Crippen LogP contribution in [-0.2, 0) is 17.9 Å². The minimum absolute atomic E-state index is 0.0766. The summed E-state index contributed by atoms with van der Waals surface area (Å²) in [6.45, 7) is 1.98. The first-order valence-corrected chi connectivity index (χ1v) is 10.2. The van der Waals surface area contributed by atoms with E-state index in [9.17, 15) is 4.79 Å². The fourth-order valence-corrected chi connectivity index (χ4v) is 4.41. The van der Waals surface area contributed by atoms with Gasteiger partial charge in [0, 0.05) is 5.02 Å². The second-order valence-corrected chi connectivity index (χ2v) is 8.52. The highest BCUT2D eigenvalue weighted by Gasteiger charge is 2.18. The first-order valence-electron chi connectivity index (χ1n) is 7.73. The van der Waals surface area contributed by atoms with E-state index in [0.717, 1.165) is 13.1 Å². The van der Waals surface area contributed by atoms with Gasteiger partial charge in [-0.05, 0) is 41.1 Å². The van der Waals surface area contributed by atoms with Crippen LogP contribution in [0.25, 0.3) is 0 Å². The number of hydrogen-bond acceptors (Lipinski definition) is 3. The van der Waals surface area contributed by atoms with E-state index in [-0.39, 0.29) is 5.91 Å². The Labute approximate surface area is 164 Å². The molecule has 2 heterocycles. The maximum atomic E-state index is 12.5. The predicted octanol–water partition coefficient (Wildman–Crippen LogP) is 4.34. The maximum absolute atomic E-state index is 12.5. The number of carbonyl (C=O) groups is 1. The van der Waals surface area contributed by atoms with Crippen LogP contribution >= 0.6 is 45.9 Å². The lowest BCUT2D eigenvalue weighted by molar-refractivity contribution is -0.918. The molecular weight excluding hydrogens is 395 g/mol.